The number of rotatable bonds is 6. The third kappa shape index (κ3) is 3.48. The zero-order chi connectivity index (χ0) is 13.0. The highest BCUT2D eigenvalue weighted by molar-refractivity contribution is 5.52. The van der Waals surface area contributed by atoms with E-state index in [2.05, 4.69) is 56.6 Å². The fourth-order valence-corrected chi connectivity index (χ4v) is 2.29. The van der Waals surface area contributed by atoms with Crippen molar-refractivity contribution in [2.45, 2.75) is 60.4 Å². The van der Waals surface area contributed by atoms with Crippen molar-refractivity contribution < 1.29 is 0 Å². The Hall–Kier alpha value is -0.990. The number of hydrogen-bond donors (Lipinski definition) is 1. The van der Waals surface area contributed by atoms with Crippen LogP contribution in [0.2, 0.25) is 0 Å². The van der Waals surface area contributed by atoms with Gasteiger partial charge in [-0.05, 0) is 40.0 Å². The average Bonchev–Trinajstić information content (AvgIpc) is 2.52. The molecule has 1 rings (SSSR count). The minimum Gasteiger partial charge on any atom is -0.382 e. The van der Waals surface area contributed by atoms with E-state index in [0.29, 0.717) is 6.04 Å². The minimum absolute atomic E-state index is 0.428. The SMILES string of the molecule is CCCC(C)CNc1c(C)nn(C(C)C)c1C. The van der Waals surface area contributed by atoms with Crippen LogP contribution in [0.5, 0.6) is 0 Å². The number of anilines is 1. The number of aromatic nitrogens is 2. The van der Waals surface area contributed by atoms with Gasteiger partial charge in [0.25, 0.3) is 0 Å². The summed E-state index contributed by atoms with van der Waals surface area (Å²) < 4.78 is 2.10. The van der Waals surface area contributed by atoms with E-state index in [1.54, 1.807) is 0 Å². The summed E-state index contributed by atoms with van der Waals surface area (Å²) in [5.74, 6) is 0.723. The molecule has 17 heavy (non-hydrogen) atoms. The fraction of sp³-hybridized carbons (Fsp3) is 0.786. The van der Waals surface area contributed by atoms with E-state index >= 15 is 0 Å². The second-order valence-electron chi connectivity index (χ2n) is 5.36. The predicted molar refractivity (Wildman–Crippen MR) is 74.6 cm³/mol. The zero-order valence-corrected chi connectivity index (χ0v) is 12.2. The van der Waals surface area contributed by atoms with Crippen LogP contribution in [0.15, 0.2) is 0 Å². The highest BCUT2D eigenvalue weighted by atomic mass is 15.3. The van der Waals surface area contributed by atoms with Crippen molar-refractivity contribution in [1.82, 2.24) is 9.78 Å². The Balaban J connectivity index is 2.71. The van der Waals surface area contributed by atoms with E-state index in [-0.39, 0.29) is 0 Å². The van der Waals surface area contributed by atoms with Crippen LogP contribution < -0.4 is 5.32 Å². The number of hydrogen-bond acceptors (Lipinski definition) is 2. The molecule has 1 N–H and O–H groups in total. The van der Waals surface area contributed by atoms with Gasteiger partial charge in [0, 0.05) is 12.6 Å². The number of nitrogens with zero attached hydrogens (tertiary/aromatic N) is 2. The smallest absolute Gasteiger partial charge is 0.0828 e. The quantitative estimate of drug-likeness (QED) is 0.812. The minimum atomic E-state index is 0.428. The van der Waals surface area contributed by atoms with Crippen LogP contribution >= 0.6 is 0 Å². The number of nitrogens with one attached hydrogen (secondary N) is 1. The molecule has 1 aromatic rings. The standard InChI is InChI=1S/C14H27N3/c1-7-8-11(4)9-15-14-12(5)16-17(10(2)3)13(14)6/h10-11,15H,7-9H2,1-6H3. The molecule has 0 amide bonds. The third-order valence-corrected chi connectivity index (χ3v) is 3.22. The summed E-state index contributed by atoms with van der Waals surface area (Å²) in [5, 5.41) is 8.15. The molecule has 1 aromatic heterocycles. The first-order valence-corrected chi connectivity index (χ1v) is 6.76. The Labute approximate surface area is 106 Å². The zero-order valence-electron chi connectivity index (χ0n) is 12.2. The first-order chi connectivity index (χ1) is 7.97. The summed E-state index contributed by atoms with van der Waals surface area (Å²) in [6.45, 7) is 14.1. The second kappa shape index (κ2) is 6.08. The molecule has 0 spiro atoms. The molecule has 0 saturated heterocycles. The molecule has 1 atom stereocenters. The van der Waals surface area contributed by atoms with Gasteiger partial charge in [-0.15, -0.1) is 0 Å². The van der Waals surface area contributed by atoms with Gasteiger partial charge in [0.05, 0.1) is 17.1 Å². The van der Waals surface area contributed by atoms with Crippen LogP contribution in [0, 0.1) is 19.8 Å². The largest absolute Gasteiger partial charge is 0.382 e. The summed E-state index contributed by atoms with van der Waals surface area (Å²) in [7, 11) is 0. The van der Waals surface area contributed by atoms with E-state index in [0.717, 1.165) is 18.2 Å². The first-order valence-electron chi connectivity index (χ1n) is 6.76. The monoisotopic (exact) mass is 237 g/mol. The van der Waals surface area contributed by atoms with Crippen molar-refractivity contribution in [1.29, 1.82) is 0 Å². The maximum Gasteiger partial charge on any atom is 0.0828 e. The molecular weight excluding hydrogens is 210 g/mol. The molecule has 0 bridgehead atoms. The molecule has 0 aliphatic rings. The van der Waals surface area contributed by atoms with Crippen LogP contribution in [0.4, 0.5) is 5.69 Å². The van der Waals surface area contributed by atoms with Crippen molar-refractivity contribution >= 4 is 5.69 Å². The van der Waals surface area contributed by atoms with Crippen molar-refractivity contribution in [3.63, 3.8) is 0 Å². The molecular formula is C14H27N3. The van der Waals surface area contributed by atoms with Gasteiger partial charge in [-0.25, -0.2) is 0 Å². The van der Waals surface area contributed by atoms with E-state index in [1.807, 2.05) is 0 Å². The Morgan fingerprint density at radius 1 is 1.24 bits per heavy atom. The van der Waals surface area contributed by atoms with Gasteiger partial charge in [-0.1, -0.05) is 20.3 Å². The van der Waals surface area contributed by atoms with Crippen LogP contribution in [-0.2, 0) is 0 Å². The Morgan fingerprint density at radius 2 is 1.88 bits per heavy atom. The van der Waals surface area contributed by atoms with E-state index in [4.69, 9.17) is 0 Å². The average molecular weight is 237 g/mol. The van der Waals surface area contributed by atoms with Crippen LogP contribution in [0.3, 0.4) is 0 Å². The Morgan fingerprint density at radius 3 is 2.35 bits per heavy atom. The maximum atomic E-state index is 4.59. The lowest BCUT2D eigenvalue weighted by Crippen LogP contribution is -2.12. The van der Waals surface area contributed by atoms with Gasteiger partial charge < -0.3 is 5.32 Å². The van der Waals surface area contributed by atoms with Crippen LogP contribution in [-0.4, -0.2) is 16.3 Å². The summed E-state index contributed by atoms with van der Waals surface area (Å²) >= 11 is 0. The molecule has 0 aromatic carbocycles. The number of aryl methyl sites for hydroxylation is 1. The lowest BCUT2D eigenvalue weighted by Gasteiger charge is -2.13. The molecule has 98 valence electrons. The highest BCUT2D eigenvalue weighted by Crippen LogP contribution is 2.22. The molecule has 1 unspecified atom stereocenters. The maximum absolute atomic E-state index is 4.59. The van der Waals surface area contributed by atoms with Gasteiger partial charge in [0.2, 0.25) is 0 Å². The van der Waals surface area contributed by atoms with Crippen molar-refractivity contribution in [2.24, 2.45) is 5.92 Å². The second-order valence-corrected chi connectivity index (χ2v) is 5.36. The van der Waals surface area contributed by atoms with E-state index in [1.165, 1.54) is 24.2 Å². The van der Waals surface area contributed by atoms with Crippen molar-refractivity contribution in [3.05, 3.63) is 11.4 Å². The lowest BCUT2D eigenvalue weighted by atomic mass is 10.1. The summed E-state index contributed by atoms with van der Waals surface area (Å²) in [6, 6.07) is 0.428. The molecule has 0 radical (unpaired) electrons. The van der Waals surface area contributed by atoms with E-state index in [9.17, 15) is 0 Å². The Kier molecular flexibility index (Phi) is 5.03. The van der Waals surface area contributed by atoms with Gasteiger partial charge in [-0.2, -0.15) is 5.10 Å². The summed E-state index contributed by atoms with van der Waals surface area (Å²) in [6.07, 6.45) is 2.54. The summed E-state index contributed by atoms with van der Waals surface area (Å²) in [5.41, 5.74) is 3.59. The predicted octanol–water partition coefficient (Wildman–Crippen LogP) is 3.93. The molecule has 3 heteroatoms. The van der Waals surface area contributed by atoms with Crippen molar-refractivity contribution in [3.8, 4) is 0 Å². The molecule has 0 saturated carbocycles. The van der Waals surface area contributed by atoms with Crippen molar-refractivity contribution in [2.75, 3.05) is 11.9 Å². The van der Waals surface area contributed by atoms with E-state index < -0.39 is 0 Å². The van der Waals surface area contributed by atoms with Gasteiger partial charge in [0.15, 0.2) is 0 Å². The summed E-state index contributed by atoms with van der Waals surface area (Å²) in [4.78, 5) is 0. The topological polar surface area (TPSA) is 29.9 Å². The highest BCUT2D eigenvalue weighted by Gasteiger charge is 2.13. The molecule has 0 aliphatic heterocycles. The fourth-order valence-electron chi connectivity index (χ4n) is 2.29. The molecule has 0 fully saturated rings. The Bertz CT molecular complexity index is 353. The first kappa shape index (κ1) is 14.1. The van der Waals surface area contributed by atoms with Gasteiger partial charge in [-0.3, -0.25) is 4.68 Å². The van der Waals surface area contributed by atoms with Gasteiger partial charge >= 0.3 is 0 Å². The van der Waals surface area contributed by atoms with Crippen LogP contribution in [0.25, 0.3) is 0 Å². The van der Waals surface area contributed by atoms with Crippen LogP contribution in [0.1, 0.15) is 58.0 Å². The normalized spacial score (nSPS) is 13.1. The molecule has 3 nitrogen and oxygen atoms in total. The third-order valence-electron chi connectivity index (χ3n) is 3.22. The van der Waals surface area contributed by atoms with Gasteiger partial charge in [0.1, 0.15) is 0 Å². The molecule has 0 aliphatic carbocycles. The molecule has 1 heterocycles. The lowest BCUT2D eigenvalue weighted by molar-refractivity contribution is 0.516.